The minimum atomic E-state index is -0.276. The van der Waals surface area contributed by atoms with Crippen LogP contribution in [0.5, 0.6) is 0 Å². The molecule has 1 fully saturated rings. The Hall–Kier alpha value is -2.69. The van der Waals surface area contributed by atoms with E-state index in [1.807, 2.05) is 42.5 Å². The Bertz CT molecular complexity index is 679. The first-order chi connectivity index (χ1) is 12.7. The van der Waals surface area contributed by atoms with Crippen LogP contribution in [0.4, 0.5) is 0 Å². The van der Waals surface area contributed by atoms with E-state index in [4.69, 9.17) is 0 Å². The molecule has 1 saturated heterocycles. The van der Waals surface area contributed by atoms with Crippen molar-refractivity contribution in [1.82, 2.24) is 15.2 Å². The van der Waals surface area contributed by atoms with Crippen LogP contribution >= 0.6 is 0 Å². The molecule has 26 heavy (non-hydrogen) atoms. The highest BCUT2D eigenvalue weighted by Crippen LogP contribution is 2.21. The Morgan fingerprint density at radius 3 is 2.58 bits per heavy atom. The molecule has 0 spiro atoms. The minimum Gasteiger partial charge on any atom is -0.344 e. The van der Waals surface area contributed by atoms with Gasteiger partial charge in [-0.15, -0.1) is 0 Å². The molecule has 2 heterocycles. The van der Waals surface area contributed by atoms with Gasteiger partial charge < -0.3 is 10.2 Å². The van der Waals surface area contributed by atoms with Gasteiger partial charge in [-0.3, -0.25) is 14.6 Å². The number of amides is 2. The number of benzene rings is 1. The predicted molar refractivity (Wildman–Crippen MR) is 100 cm³/mol. The molecule has 3 rings (SSSR count). The molecule has 1 aliphatic rings. The van der Waals surface area contributed by atoms with E-state index < -0.39 is 0 Å². The number of pyridine rings is 1. The largest absolute Gasteiger partial charge is 0.344 e. The maximum atomic E-state index is 12.7. The van der Waals surface area contributed by atoms with Gasteiger partial charge in [0.1, 0.15) is 0 Å². The second-order valence-corrected chi connectivity index (χ2v) is 6.68. The van der Waals surface area contributed by atoms with Crippen molar-refractivity contribution in [3.05, 3.63) is 66.0 Å². The quantitative estimate of drug-likeness (QED) is 0.900. The Balaban J connectivity index is 1.72. The van der Waals surface area contributed by atoms with Gasteiger partial charge in [0.25, 0.3) is 0 Å². The van der Waals surface area contributed by atoms with Crippen molar-refractivity contribution in [2.75, 3.05) is 13.1 Å². The topological polar surface area (TPSA) is 62.3 Å². The lowest BCUT2D eigenvalue weighted by Crippen LogP contribution is -2.42. The van der Waals surface area contributed by atoms with Crippen molar-refractivity contribution >= 4 is 11.8 Å². The van der Waals surface area contributed by atoms with Gasteiger partial charge in [0.15, 0.2) is 0 Å². The highest BCUT2D eigenvalue weighted by Gasteiger charge is 2.21. The van der Waals surface area contributed by atoms with Crippen LogP contribution < -0.4 is 5.32 Å². The standard InChI is InChI=1S/C21H25N3O2/c25-19(16-24-14-7-2-1-6-12-20(24)26)23-21(17-9-4-3-5-10-17)18-11-8-13-22-15-18/h3-5,8-11,13,15,21H,1-2,6-7,12,14,16H2,(H,23,25). The van der Waals surface area contributed by atoms with E-state index >= 15 is 0 Å². The number of carbonyl (C=O) groups is 2. The Morgan fingerprint density at radius 1 is 1.04 bits per heavy atom. The van der Waals surface area contributed by atoms with E-state index in [9.17, 15) is 9.59 Å². The van der Waals surface area contributed by atoms with Gasteiger partial charge in [-0.25, -0.2) is 0 Å². The zero-order valence-corrected chi connectivity index (χ0v) is 14.9. The van der Waals surface area contributed by atoms with Gasteiger partial charge in [0.2, 0.25) is 11.8 Å². The van der Waals surface area contributed by atoms with Crippen LogP contribution in [0.2, 0.25) is 0 Å². The third-order valence-corrected chi connectivity index (χ3v) is 4.71. The van der Waals surface area contributed by atoms with E-state index in [2.05, 4.69) is 10.3 Å². The third-order valence-electron chi connectivity index (χ3n) is 4.71. The molecule has 136 valence electrons. The van der Waals surface area contributed by atoms with Crippen LogP contribution in [0.1, 0.15) is 49.3 Å². The summed E-state index contributed by atoms with van der Waals surface area (Å²) in [5, 5.41) is 3.08. The highest BCUT2D eigenvalue weighted by molar-refractivity contribution is 5.85. The molecule has 1 aromatic heterocycles. The average molecular weight is 351 g/mol. The molecule has 1 atom stereocenters. The van der Waals surface area contributed by atoms with Crippen LogP contribution in [0.15, 0.2) is 54.9 Å². The van der Waals surface area contributed by atoms with E-state index in [1.54, 1.807) is 17.3 Å². The third kappa shape index (κ3) is 4.91. The van der Waals surface area contributed by atoms with Gasteiger partial charge in [-0.2, -0.15) is 0 Å². The van der Waals surface area contributed by atoms with Gasteiger partial charge in [0.05, 0.1) is 12.6 Å². The van der Waals surface area contributed by atoms with Crippen molar-refractivity contribution in [1.29, 1.82) is 0 Å². The lowest BCUT2D eigenvalue weighted by molar-refractivity contribution is -0.136. The van der Waals surface area contributed by atoms with E-state index in [0.29, 0.717) is 13.0 Å². The number of carbonyl (C=O) groups excluding carboxylic acids is 2. The molecule has 0 radical (unpaired) electrons. The number of rotatable bonds is 5. The molecule has 0 saturated carbocycles. The SMILES string of the molecule is O=C(CN1CCCCCCC1=O)NC(c1ccccc1)c1cccnc1. The van der Waals surface area contributed by atoms with E-state index in [0.717, 1.165) is 36.8 Å². The van der Waals surface area contributed by atoms with Crippen molar-refractivity contribution < 1.29 is 9.59 Å². The summed E-state index contributed by atoms with van der Waals surface area (Å²) in [6.45, 7) is 0.775. The smallest absolute Gasteiger partial charge is 0.240 e. The summed E-state index contributed by atoms with van der Waals surface area (Å²) in [6, 6.07) is 13.4. The Kier molecular flexibility index (Phi) is 6.36. The molecule has 5 heteroatoms. The van der Waals surface area contributed by atoms with Crippen molar-refractivity contribution in [3.8, 4) is 0 Å². The summed E-state index contributed by atoms with van der Waals surface area (Å²) in [5.41, 5.74) is 1.92. The molecule has 5 nitrogen and oxygen atoms in total. The van der Waals surface area contributed by atoms with Gasteiger partial charge >= 0.3 is 0 Å². The first kappa shape index (κ1) is 18.1. The molecule has 0 aliphatic carbocycles. The maximum absolute atomic E-state index is 12.7. The Labute approximate surface area is 154 Å². The average Bonchev–Trinajstić information content (AvgIpc) is 2.67. The molecule has 2 aromatic rings. The molecule has 1 aliphatic heterocycles. The highest BCUT2D eigenvalue weighted by atomic mass is 16.2. The van der Waals surface area contributed by atoms with Gasteiger partial charge in [-0.1, -0.05) is 49.2 Å². The predicted octanol–water partition coefficient (Wildman–Crippen LogP) is 3.08. The van der Waals surface area contributed by atoms with Crippen molar-refractivity contribution in [2.45, 2.75) is 38.1 Å². The Morgan fingerprint density at radius 2 is 1.81 bits per heavy atom. The summed E-state index contributed by atoms with van der Waals surface area (Å²) in [7, 11) is 0. The number of nitrogens with one attached hydrogen (secondary N) is 1. The van der Waals surface area contributed by atoms with Crippen LogP contribution in [0.3, 0.4) is 0 Å². The molecule has 1 aromatic carbocycles. The van der Waals surface area contributed by atoms with E-state index in [1.165, 1.54) is 0 Å². The fraction of sp³-hybridized carbons (Fsp3) is 0.381. The van der Waals surface area contributed by atoms with Crippen LogP contribution in [-0.2, 0) is 9.59 Å². The first-order valence-electron chi connectivity index (χ1n) is 9.26. The summed E-state index contributed by atoms with van der Waals surface area (Å²) >= 11 is 0. The van der Waals surface area contributed by atoms with Gasteiger partial charge in [-0.05, 0) is 30.0 Å². The molecular weight excluding hydrogens is 326 g/mol. The number of nitrogens with zero attached hydrogens (tertiary/aromatic N) is 2. The fourth-order valence-electron chi connectivity index (χ4n) is 3.31. The number of hydrogen-bond acceptors (Lipinski definition) is 3. The number of hydrogen-bond donors (Lipinski definition) is 1. The molecule has 1 unspecified atom stereocenters. The zero-order chi connectivity index (χ0) is 18.2. The maximum Gasteiger partial charge on any atom is 0.240 e. The lowest BCUT2D eigenvalue weighted by Gasteiger charge is -2.26. The van der Waals surface area contributed by atoms with Crippen LogP contribution in [0, 0.1) is 0 Å². The summed E-state index contributed by atoms with van der Waals surface area (Å²) in [5.74, 6) is -0.0610. The number of likely N-dealkylation sites (tertiary alicyclic amines) is 1. The number of aromatic nitrogens is 1. The summed E-state index contributed by atoms with van der Waals surface area (Å²) in [4.78, 5) is 30.8. The molecule has 1 N–H and O–H groups in total. The fourth-order valence-corrected chi connectivity index (χ4v) is 3.31. The van der Waals surface area contributed by atoms with Crippen LogP contribution in [0.25, 0.3) is 0 Å². The van der Waals surface area contributed by atoms with Crippen molar-refractivity contribution in [3.63, 3.8) is 0 Å². The second kappa shape index (κ2) is 9.13. The second-order valence-electron chi connectivity index (χ2n) is 6.68. The minimum absolute atomic E-state index is 0.0810. The lowest BCUT2D eigenvalue weighted by atomic mass is 10.00. The summed E-state index contributed by atoms with van der Waals surface area (Å²) < 4.78 is 0. The summed E-state index contributed by atoms with van der Waals surface area (Å²) in [6.07, 6.45) is 8.11. The van der Waals surface area contributed by atoms with E-state index in [-0.39, 0.29) is 24.4 Å². The molecular formula is C21H25N3O2. The van der Waals surface area contributed by atoms with Gasteiger partial charge in [0, 0.05) is 25.4 Å². The first-order valence-corrected chi connectivity index (χ1v) is 9.26. The molecule has 2 amide bonds. The zero-order valence-electron chi connectivity index (χ0n) is 14.9. The van der Waals surface area contributed by atoms with Crippen LogP contribution in [-0.4, -0.2) is 34.8 Å². The van der Waals surface area contributed by atoms with Crippen molar-refractivity contribution in [2.24, 2.45) is 0 Å². The molecule has 0 bridgehead atoms. The normalized spacial score (nSPS) is 16.5. The monoisotopic (exact) mass is 351 g/mol.